The largest absolute Gasteiger partial charge is 0.461 e. The van der Waals surface area contributed by atoms with Crippen molar-refractivity contribution in [3.63, 3.8) is 0 Å². The highest BCUT2D eigenvalue weighted by molar-refractivity contribution is 6.36. The monoisotopic (exact) mass is 360 g/mol. The predicted octanol–water partition coefficient (Wildman–Crippen LogP) is 5.26. The second-order valence-electron chi connectivity index (χ2n) is 5.81. The van der Waals surface area contributed by atoms with Crippen molar-refractivity contribution in [1.82, 2.24) is 0 Å². The Kier molecular flexibility index (Phi) is 4.66. The van der Waals surface area contributed by atoms with Crippen molar-refractivity contribution in [3.05, 3.63) is 57.5 Å². The molecule has 1 N–H and O–H groups in total. The van der Waals surface area contributed by atoms with E-state index in [1.54, 1.807) is 18.2 Å². The molecule has 0 aliphatic heterocycles. The predicted molar refractivity (Wildman–Crippen MR) is 93.9 cm³/mol. The van der Waals surface area contributed by atoms with Gasteiger partial charge in [0, 0.05) is 17.0 Å². The number of anilines is 1. The molecule has 2 aromatic rings. The summed E-state index contributed by atoms with van der Waals surface area (Å²) >= 11 is 11.8. The van der Waals surface area contributed by atoms with E-state index in [-0.39, 0.29) is 5.57 Å². The molecule has 4 nitrogen and oxygen atoms in total. The smallest absolute Gasteiger partial charge is 0.266 e. The van der Waals surface area contributed by atoms with Crippen molar-refractivity contribution < 1.29 is 9.21 Å². The average molecular weight is 361 g/mol. The summed E-state index contributed by atoms with van der Waals surface area (Å²) in [4.78, 5) is 12.3. The van der Waals surface area contributed by atoms with Crippen molar-refractivity contribution >= 4 is 40.9 Å². The van der Waals surface area contributed by atoms with Crippen LogP contribution in [0.2, 0.25) is 10.0 Å². The summed E-state index contributed by atoms with van der Waals surface area (Å²) in [6, 6.07) is 10.2. The third kappa shape index (κ3) is 3.64. The zero-order valence-corrected chi connectivity index (χ0v) is 14.4. The molecule has 24 heavy (non-hydrogen) atoms. The van der Waals surface area contributed by atoms with Gasteiger partial charge >= 0.3 is 0 Å². The Labute approximate surface area is 149 Å². The zero-order valence-electron chi connectivity index (χ0n) is 12.8. The van der Waals surface area contributed by atoms with Crippen molar-refractivity contribution in [2.45, 2.75) is 19.3 Å². The number of hydrogen-bond donors (Lipinski definition) is 1. The molecule has 1 fully saturated rings. The SMILES string of the molecule is C[C@@H]1C[C@H]1c1ccc(/C=C(\C#N)C(=O)Nc2ccc(Cl)cc2Cl)o1. The summed E-state index contributed by atoms with van der Waals surface area (Å²) in [5, 5.41) is 12.6. The molecule has 2 atom stereocenters. The van der Waals surface area contributed by atoms with Gasteiger partial charge in [0.1, 0.15) is 23.2 Å². The molecule has 1 aliphatic rings. The van der Waals surface area contributed by atoms with Crippen molar-refractivity contribution in [2.75, 3.05) is 5.32 Å². The summed E-state index contributed by atoms with van der Waals surface area (Å²) in [7, 11) is 0. The third-order valence-corrected chi connectivity index (χ3v) is 4.50. The molecule has 1 saturated carbocycles. The summed E-state index contributed by atoms with van der Waals surface area (Å²) in [6.45, 7) is 2.16. The molecule has 1 aromatic carbocycles. The fourth-order valence-electron chi connectivity index (χ4n) is 2.44. The van der Waals surface area contributed by atoms with Crippen LogP contribution in [0.1, 0.15) is 30.8 Å². The lowest BCUT2D eigenvalue weighted by Gasteiger charge is -2.06. The van der Waals surface area contributed by atoms with Crippen LogP contribution in [0.15, 0.2) is 40.3 Å². The molecular formula is C18H14Cl2N2O2. The number of carbonyl (C=O) groups excluding carboxylic acids is 1. The van der Waals surface area contributed by atoms with Crippen molar-refractivity contribution in [1.29, 1.82) is 5.26 Å². The minimum atomic E-state index is -0.556. The van der Waals surface area contributed by atoms with Gasteiger partial charge in [0.05, 0.1) is 10.7 Å². The van der Waals surface area contributed by atoms with Crippen molar-refractivity contribution in [2.24, 2.45) is 5.92 Å². The van der Waals surface area contributed by atoms with Crippen molar-refractivity contribution in [3.8, 4) is 6.07 Å². The molecule has 1 aliphatic carbocycles. The maximum Gasteiger partial charge on any atom is 0.266 e. The van der Waals surface area contributed by atoms with Gasteiger partial charge in [0.2, 0.25) is 0 Å². The van der Waals surface area contributed by atoms with Crippen LogP contribution in [0.5, 0.6) is 0 Å². The molecule has 0 spiro atoms. The van der Waals surface area contributed by atoms with E-state index in [9.17, 15) is 10.1 Å². The Morgan fingerprint density at radius 2 is 2.12 bits per heavy atom. The van der Waals surface area contributed by atoms with Crippen LogP contribution in [0.25, 0.3) is 6.08 Å². The minimum absolute atomic E-state index is 0.0641. The molecule has 1 amide bonds. The Balaban J connectivity index is 1.76. The van der Waals surface area contributed by atoms with E-state index < -0.39 is 5.91 Å². The zero-order chi connectivity index (χ0) is 17.3. The van der Waals surface area contributed by atoms with E-state index in [4.69, 9.17) is 27.6 Å². The summed E-state index contributed by atoms with van der Waals surface area (Å²) in [5.41, 5.74) is 0.324. The van der Waals surface area contributed by atoms with Crippen LogP contribution >= 0.6 is 23.2 Å². The Morgan fingerprint density at radius 3 is 2.75 bits per heavy atom. The topological polar surface area (TPSA) is 66.0 Å². The Morgan fingerprint density at radius 1 is 1.38 bits per heavy atom. The van der Waals surface area contributed by atoms with Crippen LogP contribution < -0.4 is 5.32 Å². The lowest BCUT2D eigenvalue weighted by Crippen LogP contribution is -2.13. The van der Waals surface area contributed by atoms with Gasteiger partial charge in [0.15, 0.2) is 0 Å². The Bertz CT molecular complexity index is 864. The van der Waals surface area contributed by atoms with Gasteiger partial charge in [0.25, 0.3) is 5.91 Å². The van der Waals surface area contributed by atoms with E-state index in [0.29, 0.717) is 33.3 Å². The van der Waals surface area contributed by atoms with Gasteiger partial charge in [-0.1, -0.05) is 30.1 Å². The third-order valence-electron chi connectivity index (χ3n) is 3.95. The lowest BCUT2D eigenvalue weighted by molar-refractivity contribution is -0.112. The summed E-state index contributed by atoms with van der Waals surface area (Å²) < 4.78 is 5.70. The van der Waals surface area contributed by atoms with Gasteiger partial charge in [-0.15, -0.1) is 0 Å². The first kappa shape index (κ1) is 16.6. The van der Waals surface area contributed by atoms with Crippen LogP contribution in [-0.4, -0.2) is 5.91 Å². The number of furan rings is 1. The molecule has 3 rings (SSSR count). The van der Waals surface area contributed by atoms with Gasteiger partial charge in [-0.2, -0.15) is 5.26 Å². The molecule has 0 radical (unpaired) electrons. The average Bonchev–Trinajstić information content (AvgIpc) is 3.09. The number of nitriles is 1. The number of benzene rings is 1. The fraction of sp³-hybridized carbons (Fsp3) is 0.222. The number of nitrogens with one attached hydrogen (secondary N) is 1. The normalized spacial score (nSPS) is 19.7. The standard InChI is InChI=1S/C18H14Cl2N2O2/c1-10-6-14(10)17-5-3-13(24-17)7-11(9-21)18(23)22-16-4-2-12(19)8-15(16)20/h2-5,7-8,10,14H,6H2,1H3,(H,22,23)/b11-7+/t10-,14-/m1/s1. The fourth-order valence-corrected chi connectivity index (χ4v) is 2.89. The minimum Gasteiger partial charge on any atom is -0.461 e. The van der Waals surface area contributed by atoms with E-state index in [1.165, 1.54) is 12.1 Å². The molecule has 0 saturated heterocycles. The van der Waals surface area contributed by atoms with Crippen LogP contribution in [0.3, 0.4) is 0 Å². The van der Waals surface area contributed by atoms with Crippen LogP contribution in [0, 0.1) is 17.2 Å². The van der Waals surface area contributed by atoms with Gasteiger partial charge in [-0.3, -0.25) is 4.79 Å². The van der Waals surface area contributed by atoms with Gasteiger partial charge in [-0.25, -0.2) is 0 Å². The molecular weight excluding hydrogens is 347 g/mol. The molecule has 0 unspecified atom stereocenters. The quantitative estimate of drug-likeness (QED) is 0.597. The number of halogens is 2. The van der Waals surface area contributed by atoms with Crippen LogP contribution in [-0.2, 0) is 4.79 Å². The first-order valence-corrected chi connectivity index (χ1v) is 8.21. The summed E-state index contributed by atoms with van der Waals surface area (Å²) in [6.07, 6.45) is 2.53. The second-order valence-corrected chi connectivity index (χ2v) is 6.65. The second kappa shape index (κ2) is 6.72. The highest BCUT2D eigenvalue weighted by atomic mass is 35.5. The first-order chi connectivity index (χ1) is 11.5. The first-order valence-electron chi connectivity index (χ1n) is 7.46. The van der Waals surface area contributed by atoms with Crippen LogP contribution in [0.4, 0.5) is 5.69 Å². The number of carbonyl (C=O) groups is 1. The molecule has 0 bridgehead atoms. The number of amides is 1. The van der Waals surface area contributed by atoms with E-state index in [2.05, 4.69) is 12.2 Å². The van der Waals surface area contributed by atoms with Gasteiger partial charge < -0.3 is 9.73 Å². The van der Waals surface area contributed by atoms with E-state index in [1.807, 2.05) is 12.1 Å². The highest BCUT2D eigenvalue weighted by Gasteiger charge is 2.36. The number of nitrogens with zero attached hydrogens (tertiary/aromatic N) is 1. The summed E-state index contributed by atoms with van der Waals surface area (Å²) in [5.74, 6) is 1.89. The maximum atomic E-state index is 12.3. The number of rotatable bonds is 4. The van der Waals surface area contributed by atoms with Gasteiger partial charge in [-0.05, 0) is 42.7 Å². The molecule has 6 heteroatoms. The molecule has 1 aromatic heterocycles. The Hall–Kier alpha value is -2.22. The van der Waals surface area contributed by atoms with E-state index in [0.717, 1.165) is 12.2 Å². The highest BCUT2D eigenvalue weighted by Crippen LogP contribution is 2.47. The molecule has 1 heterocycles. The number of hydrogen-bond acceptors (Lipinski definition) is 3. The maximum absolute atomic E-state index is 12.3. The van der Waals surface area contributed by atoms with E-state index >= 15 is 0 Å². The lowest BCUT2D eigenvalue weighted by atomic mass is 10.2. The molecule has 122 valence electrons.